The molecule has 0 bridgehead atoms. The number of allylic oxidation sites excluding steroid dienone is 1. The van der Waals surface area contributed by atoms with Gasteiger partial charge in [-0.15, -0.1) is 0 Å². The summed E-state index contributed by atoms with van der Waals surface area (Å²) in [6.45, 7) is 2.09. The van der Waals surface area contributed by atoms with E-state index in [0.717, 1.165) is 5.56 Å². The van der Waals surface area contributed by atoms with Crippen LogP contribution in [0.2, 0.25) is 0 Å². The van der Waals surface area contributed by atoms with Gasteiger partial charge in [-0.25, -0.2) is 4.79 Å². The first-order chi connectivity index (χ1) is 9.95. The van der Waals surface area contributed by atoms with Crippen LogP contribution in [-0.4, -0.2) is 28.6 Å². The Hall–Kier alpha value is -2.81. The van der Waals surface area contributed by atoms with Crippen molar-refractivity contribution in [1.82, 2.24) is 0 Å². The number of hydrogen-bond acceptors (Lipinski definition) is 5. The van der Waals surface area contributed by atoms with Crippen LogP contribution in [0.5, 0.6) is 5.75 Å². The summed E-state index contributed by atoms with van der Waals surface area (Å²) in [6.07, 6.45) is 1.50. The van der Waals surface area contributed by atoms with Gasteiger partial charge < -0.3 is 14.9 Å². The van der Waals surface area contributed by atoms with Crippen LogP contribution in [0.4, 0.5) is 0 Å². The molecule has 0 heterocycles. The number of nitriles is 1. The van der Waals surface area contributed by atoms with Crippen molar-refractivity contribution >= 4 is 11.8 Å². The fourth-order valence-corrected chi connectivity index (χ4v) is 1.55. The smallest absolute Gasteiger partial charge is 0.371 e. The Morgan fingerprint density at radius 3 is 2.71 bits per heavy atom. The van der Waals surface area contributed by atoms with Crippen molar-refractivity contribution in [2.24, 2.45) is 0 Å². The van der Waals surface area contributed by atoms with Gasteiger partial charge >= 0.3 is 5.97 Å². The highest BCUT2D eigenvalue weighted by molar-refractivity contribution is 6.09. The molecule has 0 aliphatic rings. The molecule has 0 amide bonds. The molecule has 0 aliphatic heterocycles. The van der Waals surface area contributed by atoms with E-state index in [1.165, 1.54) is 6.07 Å². The van der Waals surface area contributed by atoms with E-state index in [9.17, 15) is 9.59 Å². The molecule has 0 aliphatic carbocycles. The number of carbonyl (C=O) groups excluding carboxylic acids is 1. The Kier molecular flexibility index (Phi) is 5.96. The third-order valence-corrected chi connectivity index (χ3v) is 2.58. The van der Waals surface area contributed by atoms with E-state index < -0.39 is 17.5 Å². The average molecular weight is 289 g/mol. The maximum absolute atomic E-state index is 11.9. The summed E-state index contributed by atoms with van der Waals surface area (Å²) in [5, 5.41) is 26.1. The lowest BCUT2D eigenvalue weighted by Crippen LogP contribution is -2.07. The second kappa shape index (κ2) is 7.70. The van der Waals surface area contributed by atoms with Crippen LogP contribution in [0, 0.1) is 18.3 Å². The number of aliphatic hydroxyl groups excluding tert-OH is 1. The molecule has 0 atom stereocenters. The van der Waals surface area contributed by atoms with Gasteiger partial charge in [0.05, 0.1) is 18.2 Å². The van der Waals surface area contributed by atoms with Crippen molar-refractivity contribution in [3.8, 4) is 11.8 Å². The van der Waals surface area contributed by atoms with Crippen LogP contribution in [-0.2, 0) is 4.79 Å². The number of benzene rings is 1. The van der Waals surface area contributed by atoms with Gasteiger partial charge in [0.1, 0.15) is 5.75 Å². The van der Waals surface area contributed by atoms with Crippen LogP contribution in [0.25, 0.3) is 0 Å². The van der Waals surface area contributed by atoms with Gasteiger partial charge in [0.25, 0.3) is 0 Å². The normalized spacial score (nSPS) is 10.8. The first-order valence-corrected chi connectivity index (χ1v) is 6.24. The van der Waals surface area contributed by atoms with Gasteiger partial charge in [0.2, 0.25) is 5.76 Å². The summed E-state index contributed by atoms with van der Waals surface area (Å²) in [7, 11) is 0. The van der Waals surface area contributed by atoms with Gasteiger partial charge in [-0.3, -0.25) is 4.79 Å². The third-order valence-electron chi connectivity index (χ3n) is 2.58. The number of hydrogen-bond donors (Lipinski definition) is 2. The third kappa shape index (κ3) is 4.99. The molecule has 0 aromatic heterocycles. The molecule has 2 N–H and O–H groups in total. The number of aliphatic carboxylic acids is 1. The second-order valence-electron chi connectivity index (χ2n) is 4.31. The number of aryl methyl sites for hydroxylation is 1. The molecule has 0 saturated heterocycles. The number of carbonyl (C=O) groups is 2. The van der Waals surface area contributed by atoms with Gasteiger partial charge in [-0.1, -0.05) is 6.07 Å². The summed E-state index contributed by atoms with van der Waals surface area (Å²) >= 11 is 0. The molecule has 21 heavy (non-hydrogen) atoms. The van der Waals surface area contributed by atoms with E-state index in [0.29, 0.717) is 24.7 Å². The van der Waals surface area contributed by atoms with Crippen molar-refractivity contribution in [3.63, 3.8) is 0 Å². The summed E-state index contributed by atoms with van der Waals surface area (Å²) in [5.74, 6) is -2.97. The first kappa shape index (κ1) is 16.2. The number of carboxylic acid groups (broad SMARTS) is 1. The molecule has 1 rings (SSSR count). The minimum atomic E-state index is -1.58. The van der Waals surface area contributed by atoms with Gasteiger partial charge in [-0.2, -0.15) is 5.26 Å². The van der Waals surface area contributed by atoms with Gasteiger partial charge in [0, 0.05) is 12.5 Å². The molecule has 0 spiro atoms. The molecule has 6 heteroatoms. The van der Waals surface area contributed by atoms with Crippen molar-refractivity contribution in [1.29, 1.82) is 5.26 Å². The minimum absolute atomic E-state index is 0.158. The van der Waals surface area contributed by atoms with E-state index in [2.05, 4.69) is 0 Å². The lowest BCUT2D eigenvalue weighted by Gasteiger charge is -2.10. The summed E-state index contributed by atoms with van der Waals surface area (Å²) in [6, 6.07) is 6.82. The monoisotopic (exact) mass is 289 g/mol. The van der Waals surface area contributed by atoms with E-state index in [4.69, 9.17) is 20.2 Å². The minimum Gasteiger partial charge on any atom is -0.502 e. The maximum Gasteiger partial charge on any atom is 0.371 e. The zero-order valence-electron chi connectivity index (χ0n) is 11.5. The molecule has 0 unspecified atom stereocenters. The number of carboxylic acids is 1. The molecule has 1 aromatic carbocycles. The van der Waals surface area contributed by atoms with E-state index >= 15 is 0 Å². The fraction of sp³-hybridized carbons (Fsp3) is 0.267. The SMILES string of the molecule is Cc1ccc(C(=O)C=C(O)C(=O)O)c(OCCCC#N)c1. The van der Waals surface area contributed by atoms with Crippen LogP contribution < -0.4 is 4.74 Å². The Morgan fingerprint density at radius 2 is 2.10 bits per heavy atom. The summed E-state index contributed by atoms with van der Waals surface area (Å²) in [5.41, 5.74) is 1.03. The van der Waals surface area contributed by atoms with E-state index in [1.807, 2.05) is 13.0 Å². The average Bonchev–Trinajstić information content (AvgIpc) is 2.43. The predicted octanol–water partition coefficient (Wildman–Crippen LogP) is 2.39. The Labute approximate surface area is 121 Å². The van der Waals surface area contributed by atoms with Crippen LogP contribution in [0.15, 0.2) is 30.0 Å². The first-order valence-electron chi connectivity index (χ1n) is 6.24. The van der Waals surface area contributed by atoms with Crippen molar-refractivity contribution in [3.05, 3.63) is 41.2 Å². The standard InChI is InChI=1S/C15H15NO5/c1-10-4-5-11(12(17)9-13(18)15(19)20)14(8-10)21-7-3-2-6-16/h4-5,8-9,18H,2-3,7H2,1H3,(H,19,20). The largest absolute Gasteiger partial charge is 0.502 e. The van der Waals surface area contributed by atoms with Crippen LogP contribution in [0.1, 0.15) is 28.8 Å². The fourth-order valence-electron chi connectivity index (χ4n) is 1.55. The van der Waals surface area contributed by atoms with Crippen molar-refractivity contribution in [2.45, 2.75) is 19.8 Å². The summed E-state index contributed by atoms with van der Waals surface area (Å²) < 4.78 is 5.45. The lowest BCUT2D eigenvalue weighted by atomic mass is 10.1. The molecular weight excluding hydrogens is 274 g/mol. The number of rotatable bonds is 7. The molecule has 0 fully saturated rings. The topological polar surface area (TPSA) is 108 Å². The zero-order valence-corrected chi connectivity index (χ0v) is 11.5. The number of unbranched alkanes of at least 4 members (excludes halogenated alkanes) is 1. The molecule has 6 nitrogen and oxygen atoms in total. The number of ketones is 1. The lowest BCUT2D eigenvalue weighted by molar-refractivity contribution is -0.135. The van der Waals surface area contributed by atoms with E-state index in [-0.39, 0.29) is 12.2 Å². The van der Waals surface area contributed by atoms with Gasteiger partial charge in [0.15, 0.2) is 5.78 Å². The zero-order chi connectivity index (χ0) is 15.8. The molecular formula is C15H15NO5. The quantitative estimate of drug-likeness (QED) is 0.345. The highest BCUT2D eigenvalue weighted by Crippen LogP contribution is 2.22. The molecule has 110 valence electrons. The molecule has 1 aromatic rings. The maximum atomic E-state index is 11.9. The second-order valence-corrected chi connectivity index (χ2v) is 4.31. The highest BCUT2D eigenvalue weighted by Gasteiger charge is 2.14. The highest BCUT2D eigenvalue weighted by atomic mass is 16.5. The van der Waals surface area contributed by atoms with Crippen molar-refractivity contribution < 1.29 is 24.5 Å². The van der Waals surface area contributed by atoms with Gasteiger partial charge in [-0.05, 0) is 31.0 Å². The molecule has 0 radical (unpaired) electrons. The Bertz CT molecular complexity index is 613. The van der Waals surface area contributed by atoms with E-state index in [1.54, 1.807) is 12.1 Å². The number of nitrogens with zero attached hydrogens (tertiary/aromatic N) is 1. The summed E-state index contributed by atoms with van der Waals surface area (Å²) in [4.78, 5) is 22.5. The van der Waals surface area contributed by atoms with Crippen molar-refractivity contribution in [2.75, 3.05) is 6.61 Å². The Balaban J connectivity index is 2.96. The predicted molar refractivity (Wildman–Crippen MR) is 74.2 cm³/mol. The number of ether oxygens (including phenoxy) is 1. The van der Waals surface area contributed by atoms with Crippen LogP contribution >= 0.6 is 0 Å². The van der Waals surface area contributed by atoms with Crippen LogP contribution in [0.3, 0.4) is 0 Å². The molecule has 0 saturated carbocycles. The number of aliphatic hydroxyl groups is 1. The Morgan fingerprint density at radius 1 is 1.38 bits per heavy atom.